The minimum atomic E-state index is -0.209. The number of carbonyl (C=O) groups is 1. The molecule has 0 aliphatic carbocycles. The lowest BCUT2D eigenvalue weighted by molar-refractivity contribution is -0.130. The van der Waals surface area contributed by atoms with E-state index >= 15 is 0 Å². The molecule has 3 rings (SSSR count). The van der Waals surface area contributed by atoms with Crippen molar-refractivity contribution < 1.29 is 9.53 Å². The number of nitrogens with zero attached hydrogens (tertiary/aromatic N) is 1. The van der Waals surface area contributed by atoms with Crippen LogP contribution < -0.4 is 10.6 Å². The van der Waals surface area contributed by atoms with Crippen LogP contribution in [0, 0.1) is 0 Å². The molecule has 0 saturated carbocycles. The first-order valence-electron chi connectivity index (χ1n) is 6.64. The van der Waals surface area contributed by atoms with Gasteiger partial charge in [-0.1, -0.05) is 18.2 Å². The maximum atomic E-state index is 11.9. The molecule has 0 spiro atoms. The summed E-state index contributed by atoms with van der Waals surface area (Å²) in [5.74, 6) is -0.157. The fourth-order valence-corrected chi connectivity index (χ4v) is 2.16. The number of aromatic nitrogens is 1. The van der Waals surface area contributed by atoms with Gasteiger partial charge in [-0.05, 0) is 19.1 Å². The highest BCUT2D eigenvalue weighted by Crippen LogP contribution is 2.17. The second-order valence-electron chi connectivity index (χ2n) is 5.31. The van der Waals surface area contributed by atoms with Crippen LogP contribution in [0.5, 0.6) is 0 Å². The molecule has 1 aromatic carbocycles. The van der Waals surface area contributed by atoms with Gasteiger partial charge >= 0.3 is 0 Å². The molecule has 5 nitrogen and oxygen atoms in total. The molecule has 1 aliphatic rings. The number of ether oxygens (including phenoxy) is 1. The number of hydrogen-bond donors (Lipinski definition) is 2. The highest BCUT2D eigenvalue weighted by molar-refractivity contribution is 5.93. The average molecular weight is 271 g/mol. The van der Waals surface area contributed by atoms with Gasteiger partial charge in [0.05, 0.1) is 23.0 Å². The quantitative estimate of drug-likeness (QED) is 0.885. The number of pyridine rings is 1. The molecule has 0 unspecified atom stereocenters. The van der Waals surface area contributed by atoms with Gasteiger partial charge in [0.15, 0.2) is 0 Å². The first-order chi connectivity index (χ1) is 9.65. The Kier molecular flexibility index (Phi) is 3.38. The van der Waals surface area contributed by atoms with E-state index in [0.29, 0.717) is 5.69 Å². The molecule has 2 N–H and O–H groups in total. The molecular formula is C15H17N3O2. The fourth-order valence-electron chi connectivity index (χ4n) is 2.16. The lowest BCUT2D eigenvalue weighted by atomic mass is 10.0. The van der Waals surface area contributed by atoms with Crippen molar-refractivity contribution in [2.24, 2.45) is 0 Å². The Labute approximate surface area is 117 Å². The smallest absolute Gasteiger partial charge is 0.250 e. The van der Waals surface area contributed by atoms with E-state index in [-0.39, 0.29) is 18.1 Å². The first kappa shape index (κ1) is 13.0. The van der Waals surface area contributed by atoms with Gasteiger partial charge in [-0.3, -0.25) is 9.78 Å². The van der Waals surface area contributed by atoms with Gasteiger partial charge in [0, 0.05) is 18.5 Å². The second-order valence-corrected chi connectivity index (χ2v) is 5.31. The molecule has 104 valence electrons. The van der Waals surface area contributed by atoms with Crippen LogP contribution in [0.1, 0.15) is 6.92 Å². The van der Waals surface area contributed by atoms with Crippen molar-refractivity contribution in [2.45, 2.75) is 12.5 Å². The topological polar surface area (TPSA) is 63.2 Å². The summed E-state index contributed by atoms with van der Waals surface area (Å²) in [4.78, 5) is 16.2. The zero-order chi connectivity index (χ0) is 14.0. The number of nitrogens with one attached hydrogen (secondary N) is 2. The van der Waals surface area contributed by atoms with E-state index < -0.39 is 0 Å². The van der Waals surface area contributed by atoms with Gasteiger partial charge in [-0.15, -0.1) is 0 Å². The van der Waals surface area contributed by atoms with Crippen molar-refractivity contribution in [1.82, 2.24) is 10.3 Å². The van der Waals surface area contributed by atoms with E-state index in [9.17, 15) is 4.79 Å². The van der Waals surface area contributed by atoms with Crippen LogP contribution in [0.3, 0.4) is 0 Å². The van der Waals surface area contributed by atoms with E-state index in [1.165, 1.54) is 0 Å². The largest absolute Gasteiger partial charge is 0.363 e. The fraction of sp³-hybridized carbons (Fsp3) is 0.333. The van der Waals surface area contributed by atoms with Gasteiger partial charge in [0.1, 0.15) is 6.61 Å². The van der Waals surface area contributed by atoms with E-state index in [1.54, 1.807) is 6.20 Å². The maximum absolute atomic E-state index is 11.9. The minimum absolute atomic E-state index is 0.0605. The summed E-state index contributed by atoms with van der Waals surface area (Å²) in [6.07, 6.45) is 1.66. The van der Waals surface area contributed by atoms with Crippen LogP contribution >= 0.6 is 0 Å². The van der Waals surface area contributed by atoms with Gasteiger partial charge in [-0.25, -0.2) is 0 Å². The summed E-state index contributed by atoms with van der Waals surface area (Å²) >= 11 is 0. The number of fused-ring (bicyclic) bond motifs is 1. The van der Waals surface area contributed by atoms with Gasteiger partial charge < -0.3 is 15.4 Å². The predicted octanol–water partition coefficient (Wildman–Crippen LogP) is 1.55. The SMILES string of the molecule is CC1(OCC(=O)Nc2cnc3ccccc3c2)CNC1. The molecule has 1 aromatic heterocycles. The Morgan fingerprint density at radius 2 is 2.25 bits per heavy atom. The number of benzene rings is 1. The molecule has 2 aromatic rings. The number of amides is 1. The molecule has 1 amide bonds. The standard InChI is InChI=1S/C15H17N3O2/c1-15(9-16-10-15)20-8-14(19)18-12-6-11-4-2-3-5-13(11)17-7-12/h2-7,16H,8-10H2,1H3,(H,18,19). The maximum Gasteiger partial charge on any atom is 0.250 e. The summed E-state index contributed by atoms with van der Waals surface area (Å²) in [5, 5.41) is 6.94. The van der Waals surface area contributed by atoms with Crippen molar-refractivity contribution in [3.8, 4) is 0 Å². The second kappa shape index (κ2) is 5.19. The van der Waals surface area contributed by atoms with E-state index in [4.69, 9.17) is 4.74 Å². The number of hydrogen-bond acceptors (Lipinski definition) is 4. The Bertz CT molecular complexity index is 638. The third kappa shape index (κ3) is 2.79. The minimum Gasteiger partial charge on any atom is -0.363 e. The van der Waals surface area contributed by atoms with Crippen LogP contribution in [-0.4, -0.2) is 36.2 Å². The molecular weight excluding hydrogens is 254 g/mol. The van der Waals surface area contributed by atoms with Crippen LogP contribution in [-0.2, 0) is 9.53 Å². The highest BCUT2D eigenvalue weighted by atomic mass is 16.5. The van der Waals surface area contributed by atoms with Crippen LogP contribution in [0.4, 0.5) is 5.69 Å². The Balaban J connectivity index is 1.62. The van der Waals surface area contributed by atoms with Gasteiger partial charge in [0.2, 0.25) is 5.91 Å². The third-order valence-corrected chi connectivity index (χ3v) is 3.42. The van der Waals surface area contributed by atoms with Crippen molar-refractivity contribution in [3.05, 3.63) is 36.5 Å². The summed E-state index contributed by atoms with van der Waals surface area (Å²) in [7, 11) is 0. The van der Waals surface area contributed by atoms with Crippen LogP contribution in [0.15, 0.2) is 36.5 Å². The predicted molar refractivity (Wildman–Crippen MR) is 77.6 cm³/mol. The molecule has 2 heterocycles. The zero-order valence-electron chi connectivity index (χ0n) is 11.3. The molecule has 5 heteroatoms. The average Bonchev–Trinajstić information content (AvgIpc) is 2.43. The molecule has 0 radical (unpaired) electrons. The van der Waals surface area contributed by atoms with Crippen molar-refractivity contribution in [1.29, 1.82) is 0 Å². The molecule has 1 aliphatic heterocycles. The molecule has 1 fully saturated rings. The summed E-state index contributed by atoms with van der Waals surface area (Å²) in [6.45, 7) is 3.63. The Morgan fingerprint density at radius 3 is 3.00 bits per heavy atom. The molecule has 0 atom stereocenters. The molecule has 1 saturated heterocycles. The lowest BCUT2D eigenvalue weighted by Gasteiger charge is -2.38. The first-order valence-corrected chi connectivity index (χ1v) is 6.64. The summed E-state index contributed by atoms with van der Waals surface area (Å²) < 4.78 is 5.59. The normalized spacial score (nSPS) is 16.6. The van der Waals surface area contributed by atoms with E-state index in [0.717, 1.165) is 24.0 Å². The Morgan fingerprint density at radius 1 is 1.45 bits per heavy atom. The highest BCUT2D eigenvalue weighted by Gasteiger charge is 2.32. The van der Waals surface area contributed by atoms with E-state index in [2.05, 4.69) is 15.6 Å². The van der Waals surface area contributed by atoms with E-state index in [1.807, 2.05) is 37.3 Å². The lowest BCUT2D eigenvalue weighted by Crippen LogP contribution is -2.59. The third-order valence-electron chi connectivity index (χ3n) is 3.42. The van der Waals surface area contributed by atoms with Gasteiger partial charge in [0.25, 0.3) is 0 Å². The van der Waals surface area contributed by atoms with Crippen molar-refractivity contribution in [2.75, 3.05) is 25.0 Å². The zero-order valence-corrected chi connectivity index (χ0v) is 11.3. The summed E-state index contributed by atoms with van der Waals surface area (Å²) in [5.41, 5.74) is 1.39. The van der Waals surface area contributed by atoms with Crippen molar-refractivity contribution >= 4 is 22.5 Å². The number of carbonyl (C=O) groups excluding carboxylic acids is 1. The van der Waals surface area contributed by atoms with Crippen LogP contribution in [0.2, 0.25) is 0 Å². The van der Waals surface area contributed by atoms with Gasteiger partial charge in [-0.2, -0.15) is 0 Å². The Hall–Kier alpha value is -1.98. The van der Waals surface area contributed by atoms with Crippen molar-refractivity contribution in [3.63, 3.8) is 0 Å². The molecule has 20 heavy (non-hydrogen) atoms. The number of anilines is 1. The number of para-hydroxylation sites is 1. The number of rotatable bonds is 4. The monoisotopic (exact) mass is 271 g/mol. The van der Waals surface area contributed by atoms with Crippen LogP contribution in [0.25, 0.3) is 10.9 Å². The molecule has 0 bridgehead atoms. The summed E-state index contributed by atoms with van der Waals surface area (Å²) in [6, 6.07) is 9.70.